The Balaban J connectivity index is 1.47. The summed E-state index contributed by atoms with van der Waals surface area (Å²) < 4.78 is 23.9. The Labute approximate surface area is 220 Å². The van der Waals surface area contributed by atoms with Gasteiger partial charge in [0, 0.05) is 6.54 Å². The molecule has 0 spiro atoms. The molecule has 11 heteroatoms. The van der Waals surface area contributed by atoms with Crippen molar-refractivity contribution in [1.82, 2.24) is 14.7 Å². The summed E-state index contributed by atoms with van der Waals surface area (Å²) in [7, 11) is 0. The van der Waals surface area contributed by atoms with E-state index in [0.717, 1.165) is 0 Å². The monoisotopic (exact) mass is 528 g/mol. The Morgan fingerprint density at radius 2 is 1.78 bits per heavy atom. The molecule has 0 bridgehead atoms. The molecule has 3 aromatic rings. The standard InChI is InChI=1S/C26H29ClN4O6/c1-26(2,3)37-25(33)30-14-15-34-20(16-30)17-35-23-21(27)22(31(29-23)18-10-6-4-7-11-18)28-24(32)36-19-12-8-5-9-13-19/h4-13,20H,14-17H2,1-3H3,(H,28,32)/t20-/m1/s1. The molecule has 1 aliphatic heterocycles. The van der Waals surface area contributed by atoms with E-state index in [1.165, 1.54) is 4.68 Å². The van der Waals surface area contributed by atoms with Gasteiger partial charge in [-0.1, -0.05) is 48.0 Å². The minimum absolute atomic E-state index is 0.0821. The zero-order valence-corrected chi connectivity index (χ0v) is 21.6. The molecule has 10 nitrogen and oxygen atoms in total. The molecule has 4 rings (SSSR count). The lowest BCUT2D eigenvalue weighted by atomic mass is 10.2. The van der Waals surface area contributed by atoms with Crippen LogP contribution in [0.25, 0.3) is 5.69 Å². The number of nitrogens with zero attached hydrogens (tertiary/aromatic N) is 3. The fraction of sp³-hybridized carbons (Fsp3) is 0.346. The molecule has 0 unspecified atom stereocenters. The van der Waals surface area contributed by atoms with Crippen LogP contribution in [-0.4, -0.2) is 64.9 Å². The van der Waals surface area contributed by atoms with Gasteiger partial charge in [0.2, 0.25) is 0 Å². The molecule has 2 heterocycles. The predicted octanol–water partition coefficient (Wildman–Crippen LogP) is 5.15. The van der Waals surface area contributed by atoms with Gasteiger partial charge in [0.1, 0.15) is 29.1 Å². The van der Waals surface area contributed by atoms with Crippen LogP contribution >= 0.6 is 11.6 Å². The largest absolute Gasteiger partial charge is 0.473 e. The van der Waals surface area contributed by atoms with E-state index >= 15 is 0 Å². The Morgan fingerprint density at radius 3 is 2.46 bits per heavy atom. The highest BCUT2D eigenvalue weighted by atomic mass is 35.5. The number of nitrogens with one attached hydrogen (secondary N) is 1. The lowest BCUT2D eigenvalue weighted by Gasteiger charge is -2.33. The quantitative estimate of drug-likeness (QED) is 0.471. The Kier molecular flexibility index (Phi) is 8.20. The van der Waals surface area contributed by atoms with Crippen LogP contribution in [0.5, 0.6) is 11.6 Å². The Morgan fingerprint density at radius 1 is 1.11 bits per heavy atom. The lowest BCUT2D eigenvalue weighted by Crippen LogP contribution is -2.49. The van der Waals surface area contributed by atoms with Crippen molar-refractivity contribution in [3.05, 3.63) is 65.7 Å². The third-order valence-corrected chi connectivity index (χ3v) is 5.51. The third-order valence-electron chi connectivity index (χ3n) is 5.17. The van der Waals surface area contributed by atoms with Gasteiger partial charge in [-0.15, -0.1) is 5.10 Å². The number of carbonyl (C=O) groups is 2. The van der Waals surface area contributed by atoms with Gasteiger partial charge >= 0.3 is 12.2 Å². The van der Waals surface area contributed by atoms with Gasteiger partial charge < -0.3 is 23.8 Å². The number of para-hydroxylation sites is 2. The molecule has 1 N–H and O–H groups in total. The van der Waals surface area contributed by atoms with Crippen LogP contribution in [-0.2, 0) is 9.47 Å². The SMILES string of the molecule is CC(C)(C)OC(=O)N1CCO[C@@H](COc2nn(-c3ccccc3)c(NC(=O)Oc3ccccc3)c2Cl)C1. The number of benzene rings is 2. The maximum atomic E-state index is 12.6. The summed E-state index contributed by atoms with van der Waals surface area (Å²) in [6.07, 6.45) is -1.56. The Hall–Kier alpha value is -3.76. The molecule has 0 aliphatic carbocycles. The van der Waals surface area contributed by atoms with Crippen LogP contribution < -0.4 is 14.8 Å². The van der Waals surface area contributed by atoms with Gasteiger partial charge in [0.25, 0.3) is 5.88 Å². The number of anilines is 1. The highest BCUT2D eigenvalue weighted by Crippen LogP contribution is 2.34. The van der Waals surface area contributed by atoms with Crippen molar-refractivity contribution in [2.45, 2.75) is 32.5 Å². The first-order chi connectivity index (χ1) is 17.7. The average Bonchev–Trinajstić information content (AvgIpc) is 3.18. The number of halogens is 1. The van der Waals surface area contributed by atoms with Crippen LogP contribution in [0.1, 0.15) is 20.8 Å². The number of hydrogen-bond acceptors (Lipinski definition) is 7. The predicted molar refractivity (Wildman–Crippen MR) is 138 cm³/mol. The molecule has 1 aliphatic rings. The van der Waals surface area contributed by atoms with Crippen LogP contribution in [0.2, 0.25) is 5.02 Å². The van der Waals surface area contributed by atoms with Crippen molar-refractivity contribution < 1.29 is 28.5 Å². The van der Waals surface area contributed by atoms with Gasteiger partial charge in [-0.25, -0.2) is 14.3 Å². The first-order valence-corrected chi connectivity index (χ1v) is 12.2. The molecular weight excluding hydrogens is 500 g/mol. The molecular formula is C26H29ClN4O6. The molecule has 196 valence electrons. The van der Waals surface area contributed by atoms with Gasteiger partial charge in [-0.2, -0.15) is 0 Å². The summed E-state index contributed by atoms with van der Waals surface area (Å²) in [5.74, 6) is 0.657. The fourth-order valence-corrected chi connectivity index (χ4v) is 3.76. The minimum Gasteiger partial charge on any atom is -0.473 e. The number of amides is 2. The highest BCUT2D eigenvalue weighted by Gasteiger charge is 2.29. The molecule has 1 fully saturated rings. The zero-order valence-electron chi connectivity index (χ0n) is 20.8. The number of morpholine rings is 1. The topological polar surface area (TPSA) is 104 Å². The highest BCUT2D eigenvalue weighted by molar-refractivity contribution is 6.34. The third kappa shape index (κ3) is 7.14. The number of carbonyl (C=O) groups excluding carboxylic acids is 2. The summed E-state index contributed by atoms with van der Waals surface area (Å²) in [6.45, 7) is 6.60. The summed E-state index contributed by atoms with van der Waals surface area (Å²) >= 11 is 6.59. The van der Waals surface area contributed by atoms with Crippen molar-refractivity contribution >= 4 is 29.6 Å². The number of hydrogen-bond donors (Lipinski definition) is 1. The van der Waals surface area contributed by atoms with Crippen molar-refractivity contribution in [2.75, 3.05) is 31.6 Å². The van der Waals surface area contributed by atoms with Crippen LogP contribution in [0.15, 0.2) is 60.7 Å². The maximum absolute atomic E-state index is 12.6. The van der Waals surface area contributed by atoms with E-state index in [2.05, 4.69) is 10.4 Å². The number of rotatable bonds is 6. The van der Waals surface area contributed by atoms with Gasteiger partial charge in [0.15, 0.2) is 5.82 Å². The van der Waals surface area contributed by atoms with Gasteiger partial charge in [-0.05, 0) is 45.0 Å². The van der Waals surface area contributed by atoms with Crippen molar-refractivity contribution in [2.24, 2.45) is 0 Å². The van der Waals surface area contributed by atoms with E-state index in [0.29, 0.717) is 31.1 Å². The first kappa shape index (κ1) is 26.3. The molecule has 2 amide bonds. The van der Waals surface area contributed by atoms with Crippen LogP contribution in [0, 0.1) is 0 Å². The van der Waals surface area contributed by atoms with E-state index in [-0.39, 0.29) is 23.3 Å². The molecule has 0 saturated carbocycles. The van der Waals surface area contributed by atoms with E-state index in [1.807, 2.05) is 57.2 Å². The normalized spacial score (nSPS) is 15.7. The first-order valence-electron chi connectivity index (χ1n) is 11.8. The number of ether oxygens (including phenoxy) is 4. The second-order valence-corrected chi connectivity index (χ2v) is 9.65. The minimum atomic E-state index is -0.736. The summed E-state index contributed by atoms with van der Waals surface area (Å²) in [6, 6.07) is 17.8. The molecule has 1 atom stereocenters. The average molecular weight is 529 g/mol. The smallest absolute Gasteiger partial charge is 0.418 e. The molecule has 0 radical (unpaired) electrons. The zero-order chi connectivity index (χ0) is 26.4. The second-order valence-electron chi connectivity index (χ2n) is 9.27. The van der Waals surface area contributed by atoms with Gasteiger partial charge in [0.05, 0.1) is 18.8 Å². The summed E-state index contributed by atoms with van der Waals surface area (Å²) in [5.41, 5.74) is 0.0591. The molecule has 1 saturated heterocycles. The van der Waals surface area contributed by atoms with Crippen molar-refractivity contribution in [3.8, 4) is 17.3 Å². The second kappa shape index (κ2) is 11.5. The molecule has 1 aromatic heterocycles. The van der Waals surface area contributed by atoms with Crippen LogP contribution in [0.3, 0.4) is 0 Å². The maximum Gasteiger partial charge on any atom is 0.418 e. The summed E-state index contributed by atoms with van der Waals surface area (Å²) in [5, 5.41) is 7.20. The number of aromatic nitrogens is 2. The van der Waals surface area contributed by atoms with E-state index in [4.69, 9.17) is 30.5 Å². The van der Waals surface area contributed by atoms with Crippen molar-refractivity contribution in [1.29, 1.82) is 0 Å². The van der Waals surface area contributed by atoms with E-state index < -0.39 is 23.9 Å². The van der Waals surface area contributed by atoms with E-state index in [1.54, 1.807) is 29.2 Å². The van der Waals surface area contributed by atoms with Gasteiger partial charge in [-0.3, -0.25) is 5.32 Å². The fourth-order valence-electron chi connectivity index (χ4n) is 3.54. The Bertz CT molecular complexity index is 1210. The van der Waals surface area contributed by atoms with Crippen molar-refractivity contribution in [3.63, 3.8) is 0 Å². The molecule has 2 aromatic carbocycles. The lowest BCUT2D eigenvalue weighted by molar-refractivity contribution is -0.0561. The van der Waals surface area contributed by atoms with E-state index in [9.17, 15) is 9.59 Å². The molecule has 37 heavy (non-hydrogen) atoms. The van der Waals surface area contributed by atoms with Crippen LogP contribution in [0.4, 0.5) is 15.4 Å². The summed E-state index contributed by atoms with van der Waals surface area (Å²) in [4.78, 5) is 26.6.